The molecule has 1 saturated heterocycles. The van der Waals surface area contributed by atoms with Crippen molar-refractivity contribution in [2.24, 2.45) is 0 Å². The minimum atomic E-state index is -0.427. The van der Waals surface area contributed by atoms with Gasteiger partial charge in [-0.1, -0.05) is 60.7 Å². The highest BCUT2D eigenvalue weighted by molar-refractivity contribution is 8.00. The lowest BCUT2D eigenvalue weighted by molar-refractivity contribution is -0.134. The fourth-order valence-corrected chi connectivity index (χ4v) is 4.04. The fraction of sp³-hybridized carbons (Fsp3) is 0.286. The summed E-state index contributed by atoms with van der Waals surface area (Å²) in [7, 11) is 0. The van der Waals surface area contributed by atoms with Crippen molar-refractivity contribution < 1.29 is 13.9 Å². The van der Waals surface area contributed by atoms with Gasteiger partial charge in [-0.05, 0) is 22.9 Å². The Labute approximate surface area is 167 Å². The van der Waals surface area contributed by atoms with Crippen LogP contribution in [0.3, 0.4) is 0 Å². The predicted molar refractivity (Wildman–Crippen MR) is 106 cm³/mol. The average molecular weight is 395 g/mol. The summed E-state index contributed by atoms with van der Waals surface area (Å²) in [5, 5.41) is 8.28. The number of morpholine rings is 1. The number of carbonyl (C=O) groups excluding carboxylic acids is 1. The summed E-state index contributed by atoms with van der Waals surface area (Å²) >= 11 is 1.30. The SMILES string of the molecule is O=C([C@H](Sc1nnc(Cc2ccccc2)o1)c1ccccc1)N1CCOCC1. The molecule has 3 aromatic rings. The first-order valence-corrected chi connectivity index (χ1v) is 10.1. The topological polar surface area (TPSA) is 68.5 Å². The Morgan fingerprint density at radius 1 is 1.00 bits per heavy atom. The third kappa shape index (κ3) is 4.61. The van der Waals surface area contributed by atoms with Crippen LogP contribution in [-0.4, -0.2) is 47.3 Å². The third-order valence-electron chi connectivity index (χ3n) is 4.51. The molecule has 6 nitrogen and oxygen atoms in total. The van der Waals surface area contributed by atoms with Crippen molar-refractivity contribution in [3.05, 3.63) is 77.7 Å². The van der Waals surface area contributed by atoms with Gasteiger partial charge in [0.25, 0.3) is 5.22 Å². The van der Waals surface area contributed by atoms with Gasteiger partial charge >= 0.3 is 0 Å². The minimum absolute atomic E-state index is 0.0438. The zero-order chi connectivity index (χ0) is 19.2. The van der Waals surface area contributed by atoms with Gasteiger partial charge in [-0.3, -0.25) is 4.79 Å². The van der Waals surface area contributed by atoms with E-state index < -0.39 is 5.25 Å². The summed E-state index contributed by atoms with van der Waals surface area (Å²) in [6.07, 6.45) is 0.571. The van der Waals surface area contributed by atoms with Crippen molar-refractivity contribution >= 4 is 17.7 Å². The highest BCUT2D eigenvalue weighted by Gasteiger charge is 2.30. The lowest BCUT2D eigenvalue weighted by Gasteiger charge is -2.29. The van der Waals surface area contributed by atoms with E-state index >= 15 is 0 Å². The first kappa shape index (κ1) is 18.7. The molecule has 0 unspecified atom stereocenters. The number of aromatic nitrogens is 2. The zero-order valence-corrected chi connectivity index (χ0v) is 16.2. The summed E-state index contributed by atoms with van der Waals surface area (Å²) in [4.78, 5) is 15.0. The molecule has 1 atom stereocenters. The molecule has 0 aliphatic carbocycles. The van der Waals surface area contributed by atoms with Crippen LogP contribution in [0.5, 0.6) is 0 Å². The number of thioether (sulfide) groups is 1. The molecule has 0 N–H and O–H groups in total. The molecule has 144 valence electrons. The molecule has 1 fully saturated rings. The number of hydrogen-bond acceptors (Lipinski definition) is 6. The normalized spacial score (nSPS) is 15.4. The minimum Gasteiger partial charge on any atom is -0.416 e. The Balaban J connectivity index is 1.52. The first-order valence-electron chi connectivity index (χ1n) is 9.24. The molecule has 0 bridgehead atoms. The van der Waals surface area contributed by atoms with E-state index in [0.29, 0.717) is 43.8 Å². The van der Waals surface area contributed by atoms with Crippen molar-refractivity contribution in [2.75, 3.05) is 26.3 Å². The van der Waals surface area contributed by atoms with Crippen molar-refractivity contribution in [3.8, 4) is 0 Å². The summed E-state index contributed by atoms with van der Waals surface area (Å²) in [5.41, 5.74) is 2.03. The molecule has 28 heavy (non-hydrogen) atoms. The molecular formula is C21H21N3O3S. The van der Waals surface area contributed by atoms with Crippen LogP contribution in [0.4, 0.5) is 0 Å². The van der Waals surface area contributed by atoms with E-state index in [2.05, 4.69) is 10.2 Å². The van der Waals surface area contributed by atoms with Gasteiger partial charge in [0, 0.05) is 13.1 Å². The number of hydrogen-bond donors (Lipinski definition) is 0. The Morgan fingerprint density at radius 2 is 1.68 bits per heavy atom. The maximum Gasteiger partial charge on any atom is 0.277 e. The molecule has 2 heterocycles. The second kappa shape index (κ2) is 9.03. The van der Waals surface area contributed by atoms with E-state index in [9.17, 15) is 4.79 Å². The van der Waals surface area contributed by atoms with E-state index in [1.165, 1.54) is 11.8 Å². The number of carbonyl (C=O) groups is 1. The molecule has 1 aromatic heterocycles. The zero-order valence-electron chi connectivity index (χ0n) is 15.4. The Hall–Kier alpha value is -2.64. The molecule has 0 saturated carbocycles. The maximum atomic E-state index is 13.2. The van der Waals surface area contributed by atoms with Gasteiger partial charge in [0.05, 0.1) is 19.6 Å². The predicted octanol–water partition coefficient (Wildman–Crippen LogP) is 3.35. The molecule has 0 radical (unpaired) electrons. The van der Waals surface area contributed by atoms with E-state index in [1.54, 1.807) is 0 Å². The van der Waals surface area contributed by atoms with Crippen LogP contribution >= 0.6 is 11.8 Å². The number of nitrogens with zero attached hydrogens (tertiary/aromatic N) is 3. The third-order valence-corrected chi connectivity index (χ3v) is 5.59. The van der Waals surface area contributed by atoms with Gasteiger partial charge in [0.2, 0.25) is 11.8 Å². The molecule has 1 aliphatic rings. The second-order valence-corrected chi connectivity index (χ2v) is 7.53. The molecule has 1 amide bonds. The molecule has 7 heteroatoms. The second-order valence-electron chi connectivity index (χ2n) is 6.47. The van der Waals surface area contributed by atoms with E-state index in [-0.39, 0.29) is 5.91 Å². The van der Waals surface area contributed by atoms with Crippen LogP contribution < -0.4 is 0 Å². The number of benzene rings is 2. The average Bonchev–Trinajstić information content (AvgIpc) is 3.20. The monoisotopic (exact) mass is 395 g/mol. The van der Waals surface area contributed by atoms with Crippen LogP contribution in [0.2, 0.25) is 0 Å². The van der Waals surface area contributed by atoms with Crippen LogP contribution in [0, 0.1) is 0 Å². The molecule has 2 aromatic carbocycles. The highest BCUT2D eigenvalue weighted by Crippen LogP contribution is 2.36. The molecule has 1 aliphatic heterocycles. The van der Waals surface area contributed by atoms with Crippen molar-refractivity contribution in [3.63, 3.8) is 0 Å². The number of amides is 1. The van der Waals surface area contributed by atoms with Gasteiger partial charge in [0.15, 0.2) is 0 Å². The smallest absolute Gasteiger partial charge is 0.277 e. The van der Waals surface area contributed by atoms with Gasteiger partial charge in [-0.15, -0.1) is 10.2 Å². The first-order chi connectivity index (χ1) is 13.8. The lowest BCUT2D eigenvalue weighted by Crippen LogP contribution is -2.42. The van der Waals surface area contributed by atoms with Crippen molar-refractivity contribution in [2.45, 2.75) is 16.9 Å². The maximum absolute atomic E-state index is 13.2. The Morgan fingerprint density at radius 3 is 2.39 bits per heavy atom. The number of rotatable bonds is 6. The summed E-state index contributed by atoms with van der Waals surface area (Å²) in [6.45, 7) is 2.34. The Bertz CT molecular complexity index is 896. The number of ether oxygens (including phenoxy) is 1. The lowest BCUT2D eigenvalue weighted by atomic mass is 10.1. The van der Waals surface area contributed by atoms with E-state index in [4.69, 9.17) is 9.15 Å². The van der Waals surface area contributed by atoms with Crippen LogP contribution in [-0.2, 0) is 16.0 Å². The van der Waals surface area contributed by atoms with Crippen LogP contribution in [0.25, 0.3) is 0 Å². The summed E-state index contributed by atoms with van der Waals surface area (Å²) in [6, 6.07) is 19.7. The van der Waals surface area contributed by atoms with Gasteiger partial charge in [-0.25, -0.2) is 0 Å². The Kier molecular flexibility index (Phi) is 6.04. The largest absolute Gasteiger partial charge is 0.416 e. The standard InChI is InChI=1S/C21H21N3O3S/c25-20(24-11-13-26-14-12-24)19(17-9-5-2-6-10-17)28-21-23-22-18(27-21)15-16-7-3-1-4-8-16/h1-10,19H,11-15H2/t19-/m1/s1. The van der Waals surface area contributed by atoms with Gasteiger partial charge in [-0.2, -0.15) is 0 Å². The van der Waals surface area contributed by atoms with Crippen molar-refractivity contribution in [1.29, 1.82) is 0 Å². The van der Waals surface area contributed by atoms with Gasteiger partial charge in [0.1, 0.15) is 5.25 Å². The highest BCUT2D eigenvalue weighted by atomic mass is 32.2. The quantitative estimate of drug-likeness (QED) is 0.596. The van der Waals surface area contributed by atoms with Crippen LogP contribution in [0.1, 0.15) is 22.3 Å². The molecular weight excluding hydrogens is 374 g/mol. The summed E-state index contributed by atoms with van der Waals surface area (Å²) < 4.78 is 11.2. The fourth-order valence-electron chi connectivity index (χ4n) is 3.07. The van der Waals surface area contributed by atoms with Crippen molar-refractivity contribution in [1.82, 2.24) is 15.1 Å². The molecule has 0 spiro atoms. The van der Waals surface area contributed by atoms with E-state index in [0.717, 1.165) is 11.1 Å². The van der Waals surface area contributed by atoms with E-state index in [1.807, 2.05) is 65.6 Å². The van der Waals surface area contributed by atoms with Gasteiger partial charge < -0.3 is 14.1 Å². The summed E-state index contributed by atoms with van der Waals surface area (Å²) in [5.74, 6) is 0.585. The van der Waals surface area contributed by atoms with Crippen LogP contribution in [0.15, 0.2) is 70.3 Å². The molecule has 4 rings (SSSR count).